The predicted octanol–water partition coefficient (Wildman–Crippen LogP) is 3.78. The molecule has 0 saturated heterocycles. The number of halogens is 1. The summed E-state index contributed by atoms with van der Waals surface area (Å²) in [4.78, 5) is 31.7. The largest absolute Gasteiger partial charge is 0.493 e. The van der Waals surface area contributed by atoms with Crippen LogP contribution in [-0.2, 0) is 9.53 Å². The summed E-state index contributed by atoms with van der Waals surface area (Å²) < 4.78 is 18.0. The molecule has 0 saturated carbocycles. The van der Waals surface area contributed by atoms with E-state index in [4.69, 9.17) is 25.8 Å². The molecule has 9 heteroatoms. The van der Waals surface area contributed by atoms with E-state index in [1.54, 1.807) is 36.6 Å². The molecule has 0 spiro atoms. The van der Waals surface area contributed by atoms with E-state index >= 15 is 0 Å². The second kappa shape index (κ2) is 10.1. The highest BCUT2D eigenvalue weighted by atomic mass is 35.5. The van der Waals surface area contributed by atoms with Gasteiger partial charge in [0.25, 0.3) is 5.56 Å². The van der Waals surface area contributed by atoms with Gasteiger partial charge >= 0.3 is 5.97 Å². The molecule has 35 heavy (non-hydrogen) atoms. The molecule has 1 aliphatic rings. The Hall–Kier alpha value is -3.36. The summed E-state index contributed by atoms with van der Waals surface area (Å²) in [6.45, 7) is 5.72. The number of methoxy groups -OCH3 is 2. The third-order valence-electron chi connectivity index (χ3n) is 5.66. The quantitative estimate of drug-likeness (QED) is 0.470. The lowest BCUT2D eigenvalue weighted by molar-refractivity contribution is -0.139. The number of aryl methyl sites for hydroxylation is 1. The van der Waals surface area contributed by atoms with Gasteiger partial charge in [0.2, 0.25) is 0 Å². The van der Waals surface area contributed by atoms with Gasteiger partial charge in [-0.1, -0.05) is 52.8 Å². The van der Waals surface area contributed by atoms with E-state index in [-0.39, 0.29) is 12.2 Å². The van der Waals surface area contributed by atoms with Crippen LogP contribution in [0.5, 0.6) is 11.5 Å². The second-order valence-corrected chi connectivity index (χ2v) is 9.37. The molecule has 4 rings (SSSR count). The first-order chi connectivity index (χ1) is 16.8. The van der Waals surface area contributed by atoms with E-state index < -0.39 is 12.0 Å². The van der Waals surface area contributed by atoms with Crippen LogP contribution >= 0.6 is 22.9 Å². The number of rotatable bonds is 6. The number of carbonyl (C=O) groups is 1. The van der Waals surface area contributed by atoms with Crippen molar-refractivity contribution in [2.24, 2.45) is 4.99 Å². The SMILES string of the molecule is CCOC(=O)C1=C(C)N=c2s/c(=C/c3cc(Cl)c(OC)c(OC)c3)c(=O)n2[C@H]1c1ccc(C)cc1. The summed E-state index contributed by atoms with van der Waals surface area (Å²) in [7, 11) is 3.03. The highest BCUT2D eigenvalue weighted by Crippen LogP contribution is 2.36. The van der Waals surface area contributed by atoms with Crippen LogP contribution in [0.2, 0.25) is 5.02 Å². The number of hydrogen-bond donors (Lipinski definition) is 0. The molecule has 2 aromatic carbocycles. The molecule has 1 aliphatic heterocycles. The van der Waals surface area contributed by atoms with E-state index in [2.05, 4.69) is 4.99 Å². The number of fused-ring (bicyclic) bond motifs is 1. The number of hydrogen-bond acceptors (Lipinski definition) is 7. The molecule has 1 aromatic heterocycles. The maximum absolute atomic E-state index is 13.7. The number of nitrogens with zero attached hydrogens (tertiary/aromatic N) is 2. The minimum absolute atomic E-state index is 0.223. The lowest BCUT2D eigenvalue weighted by Crippen LogP contribution is -2.39. The Morgan fingerprint density at radius 1 is 1.17 bits per heavy atom. The summed E-state index contributed by atoms with van der Waals surface area (Å²) in [6.07, 6.45) is 1.73. The van der Waals surface area contributed by atoms with Crippen molar-refractivity contribution in [2.45, 2.75) is 26.8 Å². The number of benzene rings is 2. The van der Waals surface area contributed by atoms with Crippen LogP contribution in [-0.4, -0.2) is 31.4 Å². The maximum atomic E-state index is 13.7. The van der Waals surface area contributed by atoms with Crippen molar-refractivity contribution in [3.05, 3.63) is 89.1 Å². The third kappa shape index (κ3) is 4.63. The van der Waals surface area contributed by atoms with E-state index in [9.17, 15) is 9.59 Å². The van der Waals surface area contributed by atoms with Gasteiger partial charge in [0.1, 0.15) is 0 Å². The number of aromatic nitrogens is 1. The molecule has 0 amide bonds. The molecule has 0 N–H and O–H groups in total. The zero-order valence-electron chi connectivity index (χ0n) is 20.0. The van der Waals surface area contributed by atoms with Gasteiger partial charge in [-0.2, -0.15) is 0 Å². The molecule has 0 unspecified atom stereocenters. The van der Waals surface area contributed by atoms with Gasteiger partial charge in [-0.3, -0.25) is 9.36 Å². The van der Waals surface area contributed by atoms with Crippen LogP contribution in [0.25, 0.3) is 6.08 Å². The summed E-state index contributed by atoms with van der Waals surface area (Å²) in [5, 5.41) is 0.365. The van der Waals surface area contributed by atoms with Crippen molar-refractivity contribution < 1.29 is 19.0 Å². The number of esters is 1. The Labute approximate surface area is 211 Å². The van der Waals surface area contributed by atoms with E-state index in [1.807, 2.05) is 31.2 Å². The number of thiazole rings is 1. The predicted molar refractivity (Wildman–Crippen MR) is 136 cm³/mol. The van der Waals surface area contributed by atoms with E-state index in [0.29, 0.717) is 42.7 Å². The molecule has 7 nitrogen and oxygen atoms in total. The van der Waals surface area contributed by atoms with Crippen LogP contribution in [0.15, 0.2) is 57.5 Å². The van der Waals surface area contributed by atoms with Crippen molar-refractivity contribution in [2.75, 3.05) is 20.8 Å². The average Bonchev–Trinajstić information content (AvgIpc) is 3.12. The molecule has 0 aliphatic carbocycles. The molecule has 0 fully saturated rings. The molecule has 0 bridgehead atoms. The van der Waals surface area contributed by atoms with E-state index in [0.717, 1.165) is 11.1 Å². The van der Waals surface area contributed by atoms with Gasteiger partial charge in [-0.05, 0) is 50.1 Å². The first kappa shape index (κ1) is 24.8. The van der Waals surface area contributed by atoms with Gasteiger partial charge in [0, 0.05) is 0 Å². The molecule has 1 atom stereocenters. The highest BCUT2D eigenvalue weighted by molar-refractivity contribution is 7.07. The van der Waals surface area contributed by atoms with Crippen LogP contribution in [0, 0.1) is 6.92 Å². The molecule has 2 heterocycles. The van der Waals surface area contributed by atoms with Crippen LogP contribution in [0.1, 0.15) is 36.6 Å². The third-order valence-corrected chi connectivity index (χ3v) is 6.93. The summed E-state index contributed by atoms with van der Waals surface area (Å²) >= 11 is 7.60. The topological polar surface area (TPSA) is 79.1 Å². The van der Waals surface area contributed by atoms with Gasteiger partial charge in [-0.25, -0.2) is 9.79 Å². The van der Waals surface area contributed by atoms with Crippen molar-refractivity contribution in [1.82, 2.24) is 4.57 Å². The highest BCUT2D eigenvalue weighted by Gasteiger charge is 2.33. The first-order valence-corrected chi connectivity index (χ1v) is 12.2. The Morgan fingerprint density at radius 2 is 1.89 bits per heavy atom. The normalized spacial score (nSPS) is 15.5. The Balaban J connectivity index is 1.94. The van der Waals surface area contributed by atoms with Crippen LogP contribution < -0.4 is 24.4 Å². The lowest BCUT2D eigenvalue weighted by Gasteiger charge is -2.24. The van der Waals surface area contributed by atoms with Gasteiger partial charge in [-0.15, -0.1) is 0 Å². The second-order valence-electron chi connectivity index (χ2n) is 7.95. The zero-order valence-corrected chi connectivity index (χ0v) is 21.6. The van der Waals surface area contributed by atoms with Crippen molar-refractivity contribution in [3.8, 4) is 11.5 Å². The molecule has 0 radical (unpaired) electrons. The zero-order chi connectivity index (χ0) is 25.3. The Kier molecular flexibility index (Phi) is 7.14. The number of allylic oxidation sites excluding steroid dienone is 1. The van der Waals surface area contributed by atoms with Crippen LogP contribution in [0.4, 0.5) is 0 Å². The first-order valence-electron chi connectivity index (χ1n) is 11.0. The fourth-order valence-electron chi connectivity index (χ4n) is 4.03. The smallest absolute Gasteiger partial charge is 0.338 e. The maximum Gasteiger partial charge on any atom is 0.338 e. The Morgan fingerprint density at radius 3 is 2.51 bits per heavy atom. The Bertz CT molecular complexity index is 1500. The summed E-state index contributed by atoms with van der Waals surface area (Å²) in [6, 6.07) is 10.5. The fourth-order valence-corrected chi connectivity index (χ4v) is 5.37. The molecular weight excluding hydrogens is 488 g/mol. The number of carbonyl (C=O) groups excluding carboxylic acids is 1. The summed E-state index contributed by atoms with van der Waals surface area (Å²) in [5.74, 6) is 0.388. The average molecular weight is 513 g/mol. The standard InChI is InChI=1S/C26H25ClN2O5S/c1-6-34-25(31)21-15(3)28-26-29(22(21)17-9-7-14(2)8-10-17)24(30)20(35-26)13-16-11-18(27)23(33-5)19(12-16)32-4/h7-13,22H,6H2,1-5H3/b20-13+/t22-/m0/s1. The van der Waals surface area contributed by atoms with Gasteiger partial charge in [0.05, 0.1) is 47.7 Å². The van der Waals surface area contributed by atoms with Gasteiger partial charge < -0.3 is 14.2 Å². The molecule has 3 aromatic rings. The number of ether oxygens (including phenoxy) is 3. The minimum atomic E-state index is -0.651. The van der Waals surface area contributed by atoms with Crippen LogP contribution in [0.3, 0.4) is 0 Å². The molecular formula is C26H25ClN2O5S. The lowest BCUT2D eigenvalue weighted by atomic mass is 9.95. The monoisotopic (exact) mass is 512 g/mol. The minimum Gasteiger partial charge on any atom is -0.493 e. The van der Waals surface area contributed by atoms with Crippen molar-refractivity contribution in [3.63, 3.8) is 0 Å². The molecule has 182 valence electrons. The van der Waals surface area contributed by atoms with Gasteiger partial charge in [0.15, 0.2) is 16.3 Å². The fraction of sp³-hybridized carbons (Fsp3) is 0.269. The van der Waals surface area contributed by atoms with E-state index in [1.165, 1.54) is 25.6 Å². The van der Waals surface area contributed by atoms with Crippen molar-refractivity contribution >= 4 is 35.0 Å². The van der Waals surface area contributed by atoms with Crippen molar-refractivity contribution in [1.29, 1.82) is 0 Å². The summed E-state index contributed by atoms with van der Waals surface area (Å²) in [5.41, 5.74) is 3.16.